The molecule has 0 radical (unpaired) electrons. The molecular formula is C8H12N2O3. The van der Waals surface area contributed by atoms with Crippen LogP contribution in [0.3, 0.4) is 0 Å². The van der Waals surface area contributed by atoms with Gasteiger partial charge in [0.25, 0.3) is 0 Å². The molecule has 72 valence electrons. The summed E-state index contributed by atoms with van der Waals surface area (Å²) in [4.78, 5) is 15.1. The van der Waals surface area contributed by atoms with Crippen molar-refractivity contribution in [2.45, 2.75) is 13.5 Å². The fourth-order valence-electron chi connectivity index (χ4n) is 1.12. The highest BCUT2D eigenvalue weighted by atomic mass is 16.5. The van der Waals surface area contributed by atoms with Gasteiger partial charge in [0.05, 0.1) is 19.9 Å². The van der Waals surface area contributed by atoms with Crippen molar-refractivity contribution in [2.75, 3.05) is 13.7 Å². The van der Waals surface area contributed by atoms with Crippen LogP contribution in [0.15, 0.2) is 6.20 Å². The second-order valence-electron chi connectivity index (χ2n) is 2.56. The van der Waals surface area contributed by atoms with Crippen molar-refractivity contribution in [1.82, 2.24) is 9.55 Å². The Balaban J connectivity index is 2.99. The monoisotopic (exact) mass is 184 g/mol. The summed E-state index contributed by atoms with van der Waals surface area (Å²) in [6.45, 7) is 2.10. The first-order valence-corrected chi connectivity index (χ1v) is 3.92. The van der Waals surface area contributed by atoms with Gasteiger partial charge in [0.2, 0.25) is 0 Å². The van der Waals surface area contributed by atoms with E-state index in [1.807, 2.05) is 0 Å². The van der Waals surface area contributed by atoms with E-state index in [2.05, 4.69) is 9.72 Å². The number of carbonyl (C=O) groups excluding carboxylic acids is 1. The van der Waals surface area contributed by atoms with Crippen molar-refractivity contribution < 1.29 is 14.6 Å². The molecule has 5 nitrogen and oxygen atoms in total. The third-order valence-corrected chi connectivity index (χ3v) is 1.77. The molecule has 0 bridgehead atoms. The highest BCUT2D eigenvalue weighted by Crippen LogP contribution is 2.05. The van der Waals surface area contributed by atoms with E-state index in [1.165, 1.54) is 13.3 Å². The third-order valence-electron chi connectivity index (χ3n) is 1.77. The molecule has 0 saturated carbocycles. The Hall–Kier alpha value is -1.36. The Morgan fingerprint density at radius 3 is 3.00 bits per heavy atom. The molecule has 1 aromatic rings. The van der Waals surface area contributed by atoms with Crippen molar-refractivity contribution in [3.63, 3.8) is 0 Å². The average molecular weight is 184 g/mol. The standard InChI is InChI=1S/C8H12N2O3/c1-6-9-5-7(8(12)13-2)10(6)3-4-11/h5,11H,3-4H2,1-2H3. The smallest absolute Gasteiger partial charge is 0.356 e. The number of nitrogens with zero attached hydrogens (tertiary/aromatic N) is 2. The summed E-state index contributed by atoms with van der Waals surface area (Å²) in [5.41, 5.74) is 0.369. The van der Waals surface area contributed by atoms with E-state index < -0.39 is 5.97 Å². The van der Waals surface area contributed by atoms with Gasteiger partial charge in [-0.05, 0) is 6.92 Å². The molecule has 1 heterocycles. The number of ether oxygens (including phenoxy) is 1. The molecule has 13 heavy (non-hydrogen) atoms. The largest absolute Gasteiger partial charge is 0.464 e. The number of rotatable bonds is 3. The van der Waals surface area contributed by atoms with Crippen molar-refractivity contribution in [3.8, 4) is 0 Å². The van der Waals surface area contributed by atoms with E-state index in [1.54, 1.807) is 11.5 Å². The van der Waals surface area contributed by atoms with Gasteiger partial charge in [0.15, 0.2) is 0 Å². The molecule has 0 aliphatic rings. The van der Waals surface area contributed by atoms with Gasteiger partial charge in [0, 0.05) is 6.54 Å². The summed E-state index contributed by atoms with van der Waals surface area (Å²) >= 11 is 0. The van der Waals surface area contributed by atoms with Crippen LogP contribution in [0.4, 0.5) is 0 Å². The lowest BCUT2D eigenvalue weighted by Crippen LogP contribution is -2.13. The molecule has 1 aromatic heterocycles. The molecule has 0 aliphatic carbocycles. The number of aromatic nitrogens is 2. The topological polar surface area (TPSA) is 64.3 Å². The number of aliphatic hydroxyl groups is 1. The number of carbonyl (C=O) groups is 1. The molecule has 1 N–H and O–H groups in total. The van der Waals surface area contributed by atoms with E-state index in [4.69, 9.17) is 5.11 Å². The van der Waals surface area contributed by atoms with E-state index in [0.717, 1.165) is 0 Å². The van der Waals surface area contributed by atoms with Gasteiger partial charge in [-0.15, -0.1) is 0 Å². The number of aliphatic hydroxyl groups excluding tert-OH is 1. The summed E-state index contributed by atoms with van der Waals surface area (Å²) in [5.74, 6) is 0.253. The highest BCUT2D eigenvalue weighted by molar-refractivity contribution is 5.87. The van der Waals surface area contributed by atoms with Crippen LogP contribution in [0.25, 0.3) is 0 Å². The first-order valence-electron chi connectivity index (χ1n) is 3.92. The molecule has 0 amide bonds. The Morgan fingerprint density at radius 1 is 1.77 bits per heavy atom. The molecule has 0 aliphatic heterocycles. The third kappa shape index (κ3) is 1.86. The molecule has 0 spiro atoms. The molecule has 0 saturated heterocycles. The van der Waals surface area contributed by atoms with Crippen LogP contribution in [0.5, 0.6) is 0 Å². The summed E-state index contributed by atoms with van der Waals surface area (Å²) in [6, 6.07) is 0. The predicted molar refractivity (Wildman–Crippen MR) is 45.4 cm³/mol. The number of hydrogen-bond acceptors (Lipinski definition) is 4. The highest BCUT2D eigenvalue weighted by Gasteiger charge is 2.13. The Morgan fingerprint density at radius 2 is 2.46 bits per heavy atom. The molecule has 0 unspecified atom stereocenters. The van der Waals surface area contributed by atoms with E-state index in [9.17, 15) is 4.79 Å². The van der Waals surface area contributed by atoms with Gasteiger partial charge in [-0.3, -0.25) is 0 Å². The summed E-state index contributed by atoms with van der Waals surface area (Å²) in [6.07, 6.45) is 1.44. The second kappa shape index (κ2) is 4.04. The van der Waals surface area contributed by atoms with E-state index in [-0.39, 0.29) is 6.61 Å². The van der Waals surface area contributed by atoms with Crippen LogP contribution in [-0.2, 0) is 11.3 Å². The lowest BCUT2D eigenvalue weighted by molar-refractivity contribution is 0.0587. The minimum absolute atomic E-state index is 0.0266. The zero-order valence-corrected chi connectivity index (χ0v) is 7.65. The molecule has 0 fully saturated rings. The van der Waals surface area contributed by atoms with Crippen molar-refractivity contribution in [1.29, 1.82) is 0 Å². The number of hydrogen-bond donors (Lipinski definition) is 1. The zero-order chi connectivity index (χ0) is 9.84. The van der Waals surface area contributed by atoms with Crippen molar-refractivity contribution in [2.24, 2.45) is 0 Å². The number of esters is 1. The zero-order valence-electron chi connectivity index (χ0n) is 7.65. The SMILES string of the molecule is COC(=O)c1cnc(C)n1CCO. The second-order valence-corrected chi connectivity index (χ2v) is 2.56. The van der Waals surface area contributed by atoms with Crippen LogP contribution in [-0.4, -0.2) is 34.3 Å². The maximum atomic E-state index is 11.2. The lowest BCUT2D eigenvalue weighted by atomic mass is 10.4. The number of imidazole rings is 1. The van der Waals surface area contributed by atoms with Crippen LogP contribution < -0.4 is 0 Å². The fourth-order valence-corrected chi connectivity index (χ4v) is 1.12. The maximum Gasteiger partial charge on any atom is 0.356 e. The molecular weight excluding hydrogens is 172 g/mol. The molecule has 1 rings (SSSR count). The lowest BCUT2D eigenvalue weighted by Gasteiger charge is -2.05. The molecule has 5 heteroatoms. The quantitative estimate of drug-likeness (QED) is 0.670. The first kappa shape index (κ1) is 9.73. The predicted octanol–water partition coefficient (Wildman–Crippen LogP) is -0.0296. The van der Waals surface area contributed by atoms with Gasteiger partial charge in [-0.25, -0.2) is 9.78 Å². The Labute approximate surface area is 76.0 Å². The van der Waals surface area contributed by atoms with Crippen LogP contribution in [0.2, 0.25) is 0 Å². The van der Waals surface area contributed by atoms with Crippen LogP contribution in [0, 0.1) is 6.92 Å². The molecule has 0 aromatic carbocycles. The van der Waals surface area contributed by atoms with Crippen molar-refractivity contribution in [3.05, 3.63) is 17.7 Å². The van der Waals surface area contributed by atoms with E-state index in [0.29, 0.717) is 18.1 Å². The fraction of sp³-hybridized carbons (Fsp3) is 0.500. The Kier molecular flexibility index (Phi) is 3.02. The summed E-state index contributed by atoms with van der Waals surface area (Å²) < 4.78 is 6.17. The van der Waals surface area contributed by atoms with E-state index >= 15 is 0 Å². The average Bonchev–Trinajstić information content (AvgIpc) is 2.48. The van der Waals surface area contributed by atoms with Crippen molar-refractivity contribution >= 4 is 5.97 Å². The summed E-state index contributed by atoms with van der Waals surface area (Å²) in [5, 5.41) is 8.74. The summed E-state index contributed by atoms with van der Waals surface area (Å²) in [7, 11) is 1.31. The number of aryl methyl sites for hydroxylation is 1. The minimum Gasteiger partial charge on any atom is -0.464 e. The normalized spacial score (nSPS) is 10.1. The van der Waals surface area contributed by atoms with Gasteiger partial charge in [-0.1, -0.05) is 0 Å². The Bertz CT molecular complexity index is 306. The molecule has 0 atom stereocenters. The van der Waals surface area contributed by atoms with Gasteiger partial charge in [-0.2, -0.15) is 0 Å². The minimum atomic E-state index is -0.436. The first-order chi connectivity index (χ1) is 6.20. The maximum absolute atomic E-state index is 11.2. The van der Waals surface area contributed by atoms with Gasteiger partial charge < -0.3 is 14.4 Å². The number of methoxy groups -OCH3 is 1. The van der Waals surface area contributed by atoms with Crippen LogP contribution in [0.1, 0.15) is 16.3 Å². The van der Waals surface area contributed by atoms with Gasteiger partial charge in [0.1, 0.15) is 11.5 Å². The van der Waals surface area contributed by atoms with Gasteiger partial charge >= 0.3 is 5.97 Å². The van der Waals surface area contributed by atoms with Crippen LogP contribution >= 0.6 is 0 Å².